The number of benzene rings is 2. The van der Waals surface area contributed by atoms with E-state index in [-0.39, 0.29) is 11.6 Å². The number of halogens is 1. The van der Waals surface area contributed by atoms with E-state index >= 15 is 0 Å². The van der Waals surface area contributed by atoms with Crippen LogP contribution < -0.4 is 5.32 Å². The molecule has 0 bridgehead atoms. The lowest BCUT2D eigenvalue weighted by Gasteiger charge is -2.04. The summed E-state index contributed by atoms with van der Waals surface area (Å²) in [6.07, 6.45) is 1.74. The molecule has 0 saturated heterocycles. The Balaban J connectivity index is 1.65. The van der Waals surface area contributed by atoms with E-state index in [1.807, 2.05) is 0 Å². The van der Waals surface area contributed by atoms with E-state index in [1.165, 1.54) is 41.7 Å². The fourth-order valence-corrected chi connectivity index (χ4v) is 3.84. The van der Waals surface area contributed by atoms with Crippen LogP contribution in [-0.2, 0) is 0 Å². The van der Waals surface area contributed by atoms with Crippen molar-refractivity contribution in [3.05, 3.63) is 81.2 Å². The summed E-state index contributed by atoms with van der Waals surface area (Å²) < 4.78 is 15.1. The summed E-state index contributed by atoms with van der Waals surface area (Å²) in [6, 6.07) is 11.9. The zero-order valence-corrected chi connectivity index (χ0v) is 15.4. The lowest BCUT2D eigenvalue weighted by molar-refractivity contribution is -0.384. The van der Waals surface area contributed by atoms with Crippen molar-refractivity contribution in [1.29, 1.82) is 0 Å². The number of carbonyl (C=O) groups excluding carboxylic acids is 1. The number of non-ortho nitro benzene ring substituents is 1. The summed E-state index contributed by atoms with van der Waals surface area (Å²) in [6.45, 7) is 1.78. The minimum absolute atomic E-state index is 0.0132. The number of hydrogen-bond acceptors (Lipinski definition) is 5. The Morgan fingerprint density at radius 2 is 2.04 bits per heavy atom. The second-order valence-corrected chi connectivity index (χ2v) is 7.04. The molecule has 9 heteroatoms. The lowest BCUT2D eigenvalue weighted by Crippen LogP contribution is -2.12. The highest BCUT2D eigenvalue weighted by atomic mass is 32.1. The van der Waals surface area contributed by atoms with Gasteiger partial charge in [-0.05, 0) is 25.1 Å². The van der Waals surface area contributed by atoms with Crippen molar-refractivity contribution >= 4 is 33.6 Å². The number of rotatable bonds is 4. The molecule has 28 heavy (non-hydrogen) atoms. The first kappa shape index (κ1) is 17.8. The molecule has 0 unspecified atom stereocenters. The van der Waals surface area contributed by atoms with E-state index in [9.17, 15) is 19.3 Å². The molecule has 0 aliphatic carbocycles. The van der Waals surface area contributed by atoms with Gasteiger partial charge in [0.2, 0.25) is 0 Å². The number of aromatic nitrogens is 2. The number of aryl methyl sites for hydroxylation is 1. The molecule has 4 aromatic rings. The third-order valence-electron chi connectivity index (χ3n) is 4.20. The summed E-state index contributed by atoms with van der Waals surface area (Å²) in [4.78, 5) is 28.6. The fourth-order valence-electron chi connectivity index (χ4n) is 2.83. The first-order valence-electron chi connectivity index (χ1n) is 8.22. The topological polar surface area (TPSA) is 89.5 Å². The Hall–Kier alpha value is -3.59. The van der Waals surface area contributed by atoms with Crippen LogP contribution in [0.15, 0.2) is 54.7 Å². The van der Waals surface area contributed by atoms with Crippen molar-refractivity contribution in [2.24, 2.45) is 0 Å². The summed E-state index contributed by atoms with van der Waals surface area (Å²) in [5.74, 6) is -0.785. The van der Waals surface area contributed by atoms with E-state index in [1.54, 1.807) is 35.7 Å². The van der Waals surface area contributed by atoms with Gasteiger partial charge in [0.1, 0.15) is 10.7 Å². The molecule has 0 radical (unpaired) electrons. The largest absolute Gasteiger partial charge is 0.321 e. The highest BCUT2D eigenvalue weighted by Gasteiger charge is 2.19. The van der Waals surface area contributed by atoms with Gasteiger partial charge in [-0.2, -0.15) is 0 Å². The van der Waals surface area contributed by atoms with Crippen molar-refractivity contribution in [3.63, 3.8) is 0 Å². The molecule has 0 aliphatic rings. The molecule has 4 rings (SSSR count). The van der Waals surface area contributed by atoms with Crippen LogP contribution in [0.5, 0.6) is 0 Å². The van der Waals surface area contributed by atoms with Crippen LogP contribution in [0, 0.1) is 22.9 Å². The van der Waals surface area contributed by atoms with Gasteiger partial charge in [-0.1, -0.05) is 29.5 Å². The Labute approximate surface area is 162 Å². The maximum absolute atomic E-state index is 13.3. The molecular formula is C19H13FN4O3S. The zero-order valence-electron chi connectivity index (χ0n) is 14.5. The Morgan fingerprint density at radius 1 is 1.25 bits per heavy atom. The second-order valence-electron chi connectivity index (χ2n) is 6.07. The highest BCUT2D eigenvalue weighted by Crippen LogP contribution is 2.29. The van der Waals surface area contributed by atoms with Gasteiger partial charge in [-0.25, -0.2) is 9.37 Å². The first-order chi connectivity index (χ1) is 13.4. The minimum atomic E-state index is -0.456. The number of fused-ring (bicyclic) bond motifs is 1. The number of hydrogen-bond donors (Lipinski definition) is 1. The van der Waals surface area contributed by atoms with Crippen LogP contribution in [0.1, 0.15) is 15.4 Å². The summed E-state index contributed by atoms with van der Waals surface area (Å²) >= 11 is 1.19. The third kappa shape index (κ3) is 3.23. The first-order valence-corrected chi connectivity index (χ1v) is 9.04. The lowest BCUT2D eigenvalue weighted by atomic mass is 10.1. The number of amides is 1. The monoisotopic (exact) mass is 396 g/mol. The fraction of sp³-hybridized carbons (Fsp3) is 0.0526. The predicted octanol–water partition coefficient (Wildman–Crippen LogP) is 4.67. The van der Waals surface area contributed by atoms with Crippen LogP contribution in [0.25, 0.3) is 16.2 Å². The standard InChI is InChI=1S/C19H13FN4O3S/c1-11-17(18(25)21-14-6-3-5-13(20)9-14)28-19-22-16(10-23(11)19)12-4-2-7-15(8-12)24(26)27/h2-10H,1H3,(H,21,25). The molecule has 2 heterocycles. The molecule has 0 atom stereocenters. The number of nitro benzene ring substituents is 1. The molecular weight excluding hydrogens is 383 g/mol. The molecule has 140 valence electrons. The number of nitrogens with one attached hydrogen (secondary N) is 1. The van der Waals surface area contributed by atoms with Gasteiger partial charge in [-0.15, -0.1) is 0 Å². The van der Waals surface area contributed by atoms with Crippen molar-refractivity contribution in [2.45, 2.75) is 6.92 Å². The Morgan fingerprint density at radius 3 is 2.75 bits per heavy atom. The van der Waals surface area contributed by atoms with Crippen molar-refractivity contribution in [2.75, 3.05) is 5.32 Å². The van der Waals surface area contributed by atoms with Crippen LogP contribution in [0.2, 0.25) is 0 Å². The number of carbonyl (C=O) groups is 1. The van der Waals surface area contributed by atoms with Crippen molar-refractivity contribution in [3.8, 4) is 11.3 Å². The van der Waals surface area contributed by atoms with E-state index in [0.717, 1.165) is 0 Å². The number of thiazole rings is 1. The van der Waals surface area contributed by atoms with Crippen LogP contribution >= 0.6 is 11.3 Å². The van der Waals surface area contributed by atoms with Crippen LogP contribution in [0.3, 0.4) is 0 Å². The Bertz CT molecular complexity index is 1230. The number of nitrogens with zero attached hydrogens (tertiary/aromatic N) is 3. The van der Waals surface area contributed by atoms with E-state index in [4.69, 9.17) is 0 Å². The second kappa shape index (κ2) is 6.86. The van der Waals surface area contributed by atoms with Gasteiger partial charge in [0, 0.05) is 35.3 Å². The molecule has 0 aliphatic heterocycles. The average molecular weight is 396 g/mol. The molecule has 1 amide bonds. The zero-order chi connectivity index (χ0) is 19.8. The van der Waals surface area contributed by atoms with Gasteiger partial charge in [-0.3, -0.25) is 19.3 Å². The molecule has 2 aromatic heterocycles. The van der Waals surface area contributed by atoms with Crippen LogP contribution in [-0.4, -0.2) is 20.2 Å². The molecule has 1 N–H and O–H groups in total. The maximum Gasteiger partial charge on any atom is 0.270 e. The van der Waals surface area contributed by atoms with Crippen molar-refractivity contribution < 1.29 is 14.1 Å². The highest BCUT2D eigenvalue weighted by molar-refractivity contribution is 7.19. The van der Waals surface area contributed by atoms with Crippen molar-refractivity contribution in [1.82, 2.24) is 9.38 Å². The predicted molar refractivity (Wildman–Crippen MR) is 104 cm³/mol. The van der Waals surface area contributed by atoms with Gasteiger partial charge >= 0.3 is 0 Å². The molecule has 2 aromatic carbocycles. The number of anilines is 1. The molecule has 0 spiro atoms. The molecule has 0 saturated carbocycles. The van der Waals surface area contributed by atoms with Gasteiger partial charge in [0.05, 0.1) is 10.6 Å². The smallest absolute Gasteiger partial charge is 0.270 e. The average Bonchev–Trinajstić information content (AvgIpc) is 3.21. The summed E-state index contributed by atoms with van der Waals surface area (Å²) in [5.41, 5.74) is 2.23. The number of nitro groups is 1. The van der Waals surface area contributed by atoms with Gasteiger partial charge in [0.15, 0.2) is 4.96 Å². The van der Waals surface area contributed by atoms with E-state index < -0.39 is 10.7 Å². The number of imidazole rings is 1. The quantitative estimate of drug-likeness (QED) is 0.401. The normalized spacial score (nSPS) is 10.9. The summed E-state index contributed by atoms with van der Waals surface area (Å²) in [5, 5.41) is 13.6. The van der Waals surface area contributed by atoms with E-state index in [0.29, 0.717) is 32.5 Å². The molecule has 0 fully saturated rings. The third-order valence-corrected chi connectivity index (χ3v) is 5.35. The van der Waals surface area contributed by atoms with Gasteiger partial charge in [0.25, 0.3) is 11.6 Å². The summed E-state index contributed by atoms with van der Waals surface area (Å²) in [7, 11) is 0. The Kier molecular flexibility index (Phi) is 4.36. The van der Waals surface area contributed by atoms with Crippen LogP contribution in [0.4, 0.5) is 15.8 Å². The van der Waals surface area contributed by atoms with E-state index in [2.05, 4.69) is 10.3 Å². The molecule has 7 nitrogen and oxygen atoms in total. The van der Waals surface area contributed by atoms with Gasteiger partial charge < -0.3 is 5.32 Å². The minimum Gasteiger partial charge on any atom is -0.321 e. The maximum atomic E-state index is 13.3. The SMILES string of the molecule is Cc1c(C(=O)Nc2cccc(F)c2)sc2nc(-c3cccc([N+](=O)[O-])c3)cn12.